The fourth-order valence-corrected chi connectivity index (χ4v) is 3.54. The zero-order valence-corrected chi connectivity index (χ0v) is 16.6. The average Bonchev–Trinajstić information content (AvgIpc) is 3.29. The van der Waals surface area contributed by atoms with Crippen molar-refractivity contribution in [1.82, 2.24) is 25.3 Å². The molecule has 0 radical (unpaired) electrons. The van der Waals surface area contributed by atoms with E-state index in [4.69, 9.17) is 4.99 Å². The first-order valence-corrected chi connectivity index (χ1v) is 10.0. The SMILES string of the molecule is CCNC(=NCC1CCCN1Cc1ccccc1)NCCn1cc(C)cn1. The fourth-order valence-electron chi connectivity index (χ4n) is 3.54. The molecule has 2 N–H and O–H groups in total. The van der Waals surface area contributed by atoms with E-state index < -0.39 is 0 Å². The third kappa shape index (κ3) is 6.10. The largest absolute Gasteiger partial charge is 0.357 e. The third-order valence-corrected chi connectivity index (χ3v) is 4.93. The van der Waals surface area contributed by atoms with Crippen molar-refractivity contribution >= 4 is 5.96 Å². The van der Waals surface area contributed by atoms with Crippen LogP contribution < -0.4 is 10.6 Å². The lowest BCUT2D eigenvalue weighted by Crippen LogP contribution is -2.40. The molecule has 1 unspecified atom stereocenters. The molecule has 1 aromatic heterocycles. The van der Waals surface area contributed by atoms with Crippen LogP contribution >= 0.6 is 0 Å². The maximum atomic E-state index is 4.85. The summed E-state index contributed by atoms with van der Waals surface area (Å²) in [5, 5.41) is 11.1. The average molecular weight is 369 g/mol. The number of aliphatic imine (C=N–C) groups is 1. The summed E-state index contributed by atoms with van der Waals surface area (Å²) >= 11 is 0. The van der Waals surface area contributed by atoms with Gasteiger partial charge in [0.2, 0.25) is 0 Å². The minimum absolute atomic E-state index is 0.523. The number of nitrogens with one attached hydrogen (secondary N) is 2. The van der Waals surface area contributed by atoms with E-state index in [9.17, 15) is 0 Å². The van der Waals surface area contributed by atoms with Gasteiger partial charge in [0.05, 0.1) is 19.3 Å². The summed E-state index contributed by atoms with van der Waals surface area (Å²) < 4.78 is 1.96. The topological polar surface area (TPSA) is 57.5 Å². The Morgan fingerprint density at radius 3 is 2.85 bits per heavy atom. The van der Waals surface area contributed by atoms with E-state index in [-0.39, 0.29) is 0 Å². The summed E-state index contributed by atoms with van der Waals surface area (Å²) in [5.74, 6) is 0.896. The molecule has 0 spiro atoms. The molecule has 3 rings (SSSR count). The van der Waals surface area contributed by atoms with Crippen LogP contribution in [0, 0.1) is 6.92 Å². The summed E-state index contributed by atoms with van der Waals surface area (Å²) in [6.07, 6.45) is 6.43. The molecular weight excluding hydrogens is 336 g/mol. The Labute approximate surface area is 162 Å². The van der Waals surface area contributed by atoms with Gasteiger partial charge in [-0.15, -0.1) is 0 Å². The molecule has 6 nitrogen and oxygen atoms in total. The van der Waals surface area contributed by atoms with Crippen molar-refractivity contribution in [3.8, 4) is 0 Å². The Morgan fingerprint density at radius 1 is 1.26 bits per heavy atom. The Bertz CT molecular complexity index is 708. The fraction of sp³-hybridized carbons (Fsp3) is 0.524. The molecule has 1 aliphatic heterocycles. The maximum Gasteiger partial charge on any atom is 0.191 e. The normalized spacial score (nSPS) is 18.0. The van der Waals surface area contributed by atoms with Gasteiger partial charge in [-0.25, -0.2) is 0 Å². The van der Waals surface area contributed by atoms with Gasteiger partial charge in [0.15, 0.2) is 5.96 Å². The molecular formula is C21H32N6. The highest BCUT2D eigenvalue weighted by atomic mass is 15.3. The highest BCUT2D eigenvalue weighted by Gasteiger charge is 2.24. The Kier molecular flexibility index (Phi) is 7.27. The van der Waals surface area contributed by atoms with Crippen molar-refractivity contribution in [2.75, 3.05) is 26.2 Å². The summed E-state index contributed by atoms with van der Waals surface area (Å²) in [6.45, 7) is 9.69. The first kappa shape index (κ1) is 19.4. The van der Waals surface area contributed by atoms with Gasteiger partial charge in [-0.05, 0) is 44.4 Å². The monoisotopic (exact) mass is 368 g/mol. The quantitative estimate of drug-likeness (QED) is 0.555. The van der Waals surface area contributed by atoms with E-state index >= 15 is 0 Å². The van der Waals surface area contributed by atoms with E-state index in [0.29, 0.717) is 6.04 Å². The van der Waals surface area contributed by atoms with Crippen molar-refractivity contribution in [3.63, 3.8) is 0 Å². The molecule has 6 heteroatoms. The van der Waals surface area contributed by atoms with Crippen LogP contribution in [0.4, 0.5) is 0 Å². The Hall–Kier alpha value is -2.34. The molecule has 0 aliphatic carbocycles. The van der Waals surface area contributed by atoms with Crippen LogP contribution in [0.5, 0.6) is 0 Å². The number of rotatable bonds is 8. The summed E-state index contributed by atoms with van der Waals surface area (Å²) in [6, 6.07) is 11.3. The number of likely N-dealkylation sites (tertiary alicyclic amines) is 1. The van der Waals surface area contributed by atoms with Gasteiger partial charge in [0.25, 0.3) is 0 Å². The number of nitrogens with zero attached hydrogens (tertiary/aromatic N) is 4. The van der Waals surface area contributed by atoms with Crippen LogP contribution in [0.15, 0.2) is 47.7 Å². The van der Waals surface area contributed by atoms with Gasteiger partial charge in [0.1, 0.15) is 0 Å². The lowest BCUT2D eigenvalue weighted by Gasteiger charge is -2.23. The van der Waals surface area contributed by atoms with Gasteiger partial charge in [-0.1, -0.05) is 30.3 Å². The molecule has 1 aromatic carbocycles. The molecule has 27 heavy (non-hydrogen) atoms. The van der Waals surface area contributed by atoms with Crippen molar-refractivity contribution in [3.05, 3.63) is 53.9 Å². The number of aryl methyl sites for hydroxylation is 1. The predicted molar refractivity (Wildman–Crippen MR) is 111 cm³/mol. The predicted octanol–water partition coefficient (Wildman–Crippen LogP) is 2.41. The Morgan fingerprint density at radius 2 is 2.11 bits per heavy atom. The van der Waals surface area contributed by atoms with E-state index in [2.05, 4.69) is 71.0 Å². The number of aromatic nitrogens is 2. The minimum Gasteiger partial charge on any atom is -0.357 e. The molecule has 1 fully saturated rings. The van der Waals surface area contributed by atoms with Gasteiger partial charge in [-0.3, -0.25) is 14.6 Å². The van der Waals surface area contributed by atoms with Gasteiger partial charge in [0, 0.05) is 31.9 Å². The molecule has 1 atom stereocenters. The van der Waals surface area contributed by atoms with E-state index in [1.54, 1.807) is 0 Å². The number of benzene rings is 1. The zero-order chi connectivity index (χ0) is 18.9. The van der Waals surface area contributed by atoms with Crippen molar-refractivity contribution in [2.24, 2.45) is 4.99 Å². The number of guanidine groups is 1. The molecule has 0 amide bonds. The van der Waals surface area contributed by atoms with Crippen LogP contribution in [0.25, 0.3) is 0 Å². The van der Waals surface area contributed by atoms with E-state index in [1.807, 2.05) is 10.9 Å². The van der Waals surface area contributed by atoms with E-state index in [1.165, 1.54) is 24.0 Å². The van der Waals surface area contributed by atoms with Crippen molar-refractivity contribution < 1.29 is 0 Å². The molecule has 2 aromatic rings. The van der Waals surface area contributed by atoms with Crippen LogP contribution in [0.1, 0.15) is 30.9 Å². The zero-order valence-electron chi connectivity index (χ0n) is 16.6. The molecule has 0 saturated carbocycles. The smallest absolute Gasteiger partial charge is 0.191 e. The van der Waals surface area contributed by atoms with Gasteiger partial charge >= 0.3 is 0 Å². The van der Waals surface area contributed by atoms with Crippen LogP contribution in [0.2, 0.25) is 0 Å². The molecule has 2 heterocycles. The third-order valence-electron chi connectivity index (χ3n) is 4.93. The second-order valence-electron chi connectivity index (χ2n) is 7.18. The number of hydrogen-bond donors (Lipinski definition) is 2. The summed E-state index contributed by atoms with van der Waals surface area (Å²) in [7, 11) is 0. The molecule has 0 bridgehead atoms. The standard InChI is InChI=1S/C21H32N6/c1-3-22-21(23-11-13-27-16-18(2)14-25-27)24-15-20-10-7-12-26(20)17-19-8-5-4-6-9-19/h4-6,8-9,14,16,20H,3,7,10-13,15,17H2,1-2H3,(H2,22,23,24). The van der Waals surface area contributed by atoms with Gasteiger partial charge < -0.3 is 10.6 Å². The number of hydrogen-bond acceptors (Lipinski definition) is 3. The Balaban J connectivity index is 1.50. The summed E-state index contributed by atoms with van der Waals surface area (Å²) in [4.78, 5) is 7.41. The molecule has 1 saturated heterocycles. The second kappa shape index (κ2) is 10.1. The second-order valence-corrected chi connectivity index (χ2v) is 7.18. The van der Waals surface area contributed by atoms with Gasteiger partial charge in [-0.2, -0.15) is 5.10 Å². The first-order valence-electron chi connectivity index (χ1n) is 10.0. The molecule has 1 aliphatic rings. The van der Waals surface area contributed by atoms with Crippen LogP contribution in [-0.2, 0) is 13.1 Å². The van der Waals surface area contributed by atoms with Crippen molar-refractivity contribution in [1.29, 1.82) is 0 Å². The van der Waals surface area contributed by atoms with Crippen LogP contribution in [-0.4, -0.2) is 52.9 Å². The lowest BCUT2D eigenvalue weighted by molar-refractivity contribution is 0.250. The van der Waals surface area contributed by atoms with Crippen LogP contribution in [0.3, 0.4) is 0 Å². The highest BCUT2D eigenvalue weighted by molar-refractivity contribution is 5.79. The summed E-state index contributed by atoms with van der Waals surface area (Å²) in [5.41, 5.74) is 2.57. The minimum atomic E-state index is 0.523. The highest BCUT2D eigenvalue weighted by Crippen LogP contribution is 2.20. The lowest BCUT2D eigenvalue weighted by atomic mass is 10.2. The van der Waals surface area contributed by atoms with E-state index in [0.717, 1.165) is 45.2 Å². The van der Waals surface area contributed by atoms with Crippen molar-refractivity contribution in [2.45, 2.75) is 45.8 Å². The molecule has 146 valence electrons. The maximum absolute atomic E-state index is 4.85. The first-order chi connectivity index (χ1) is 13.2.